The van der Waals surface area contributed by atoms with Crippen molar-refractivity contribution in [2.24, 2.45) is 11.8 Å². The van der Waals surface area contributed by atoms with Gasteiger partial charge >= 0.3 is 6.09 Å². The molecule has 1 aromatic carbocycles. The van der Waals surface area contributed by atoms with E-state index in [0.717, 1.165) is 5.56 Å². The molecule has 4 nitrogen and oxygen atoms in total. The molecule has 2 rings (SSSR count). The minimum atomic E-state index is -0.527. The van der Waals surface area contributed by atoms with E-state index in [1.54, 1.807) is 6.08 Å². The van der Waals surface area contributed by atoms with E-state index in [1.165, 1.54) is 4.90 Å². The number of hydrogen-bond acceptors (Lipinski definition) is 3. The van der Waals surface area contributed by atoms with Crippen molar-refractivity contribution in [2.75, 3.05) is 6.61 Å². The zero-order chi connectivity index (χ0) is 16.1. The largest absolute Gasteiger partial charge is 0.447 e. The molecule has 0 saturated carbocycles. The van der Waals surface area contributed by atoms with E-state index in [4.69, 9.17) is 4.74 Å². The number of nitrogens with zero attached hydrogens (tertiary/aromatic N) is 1. The number of imide groups is 1. The molecule has 0 N–H and O–H groups in total. The van der Waals surface area contributed by atoms with Crippen LogP contribution in [0, 0.1) is 11.8 Å². The lowest BCUT2D eigenvalue weighted by atomic mass is 9.90. The maximum Gasteiger partial charge on any atom is 0.416 e. The molecule has 2 atom stereocenters. The van der Waals surface area contributed by atoms with E-state index in [-0.39, 0.29) is 30.4 Å². The van der Waals surface area contributed by atoms with Crippen molar-refractivity contribution in [3.05, 3.63) is 48.6 Å². The van der Waals surface area contributed by atoms with Gasteiger partial charge in [-0.25, -0.2) is 9.69 Å². The molecular formula is C18H23NO3. The summed E-state index contributed by atoms with van der Waals surface area (Å²) in [5, 5.41) is 0. The fourth-order valence-corrected chi connectivity index (χ4v) is 2.78. The summed E-state index contributed by atoms with van der Waals surface area (Å²) in [6.45, 7) is 7.94. The zero-order valence-electron chi connectivity index (χ0n) is 13.2. The standard InChI is InChI=1S/C18H23NO3/c1-4-8-16(13(2)3)17(20)19-15(12-22-18(19)21)11-14-9-6-5-7-10-14/h4-7,9-10,13,15-16H,1,8,11-12H2,2-3H3. The topological polar surface area (TPSA) is 46.6 Å². The average molecular weight is 301 g/mol. The van der Waals surface area contributed by atoms with Crippen LogP contribution in [0.4, 0.5) is 4.79 Å². The maximum absolute atomic E-state index is 12.8. The lowest BCUT2D eigenvalue weighted by Gasteiger charge is -2.26. The predicted molar refractivity (Wildman–Crippen MR) is 85.3 cm³/mol. The quantitative estimate of drug-likeness (QED) is 0.756. The fraction of sp³-hybridized carbons (Fsp3) is 0.444. The first-order valence-corrected chi connectivity index (χ1v) is 7.69. The molecule has 4 heteroatoms. The van der Waals surface area contributed by atoms with Crippen molar-refractivity contribution in [1.29, 1.82) is 0 Å². The van der Waals surface area contributed by atoms with Gasteiger partial charge in [-0.1, -0.05) is 50.3 Å². The Balaban J connectivity index is 2.16. The highest BCUT2D eigenvalue weighted by Gasteiger charge is 2.41. The van der Waals surface area contributed by atoms with Crippen molar-refractivity contribution in [2.45, 2.75) is 32.7 Å². The molecule has 0 radical (unpaired) electrons. The van der Waals surface area contributed by atoms with Crippen LogP contribution in [0.15, 0.2) is 43.0 Å². The highest BCUT2D eigenvalue weighted by molar-refractivity contribution is 5.95. The molecule has 0 aromatic heterocycles. The average Bonchev–Trinajstić information content (AvgIpc) is 2.85. The number of rotatable bonds is 6. The summed E-state index contributed by atoms with van der Waals surface area (Å²) in [4.78, 5) is 26.1. The van der Waals surface area contributed by atoms with E-state index in [1.807, 2.05) is 44.2 Å². The highest BCUT2D eigenvalue weighted by atomic mass is 16.6. The van der Waals surface area contributed by atoms with Crippen LogP contribution in [0.25, 0.3) is 0 Å². The van der Waals surface area contributed by atoms with Crippen LogP contribution in [0.3, 0.4) is 0 Å². The van der Waals surface area contributed by atoms with Crippen molar-refractivity contribution < 1.29 is 14.3 Å². The van der Waals surface area contributed by atoms with Crippen molar-refractivity contribution in [3.8, 4) is 0 Å². The third-order valence-corrected chi connectivity index (χ3v) is 4.06. The van der Waals surface area contributed by atoms with Gasteiger partial charge in [0.1, 0.15) is 6.61 Å². The molecule has 118 valence electrons. The van der Waals surface area contributed by atoms with E-state index >= 15 is 0 Å². The normalized spacial score (nSPS) is 19.1. The van der Waals surface area contributed by atoms with Crippen LogP contribution in [0.2, 0.25) is 0 Å². The van der Waals surface area contributed by atoms with Crippen LogP contribution in [-0.2, 0) is 16.0 Å². The summed E-state index contributed by atoms with van der Waals surface area (Å²) in [7, 11) is 0. The first-order chi connectivity index (χ1) is 10.5. The summed E-state index contributed by atoms with van der Waals surface area (Å²) in [6.07, 6.45) is 2.40. The van der Waals surface area contributed by atoms with Gasteiger partial charge in [0, 0.05) is 5.92 Å². The molecule has 1 saturated heterocycles. The number of ether oxygens (including phenoxy) is 1. The Kier molecular flexibility index (Phi) is 5.36. The summed E-state index contributed by atoms with van der Waals surface area (Å²) in [6, 6.07) is 9.61. The first kappa shape index (κ1) is 16.3. The van der Waals surface area contributed by atoms with Crippen LogP contribution in [0.1, 0.15) is 25.8 Å². The Bertz CT molecular complexity index is 539. The zero-order valence-corrected chi connectivity index (χ0v) is 13.2. The van der Waals surface area contributed by atoms with Gasteiger partial charge in [-0.05, 0) is 24.3 Å². The Morgan fingerprint density at radius 1 is 1.41 bits per heavy atom. The maximum atomic E-state index is 12.8. The third-order valence-electron chi connectivity index (χ3n) is 4.06. The smallest absolute Gasteiger partial charge is 0.416 e. The van der Waals surface area contributed by atoms with Crippen LogP contribution >= 0.6 is 0 Å². The predicted octanol–water partition coefficient (Wildman–Crippen LogP) is 3.42. The number of cyclic esters (lactones) is 1. The summed E-state index contributed by atoms with van der Waals surface area (Å²) in [5.41, 5.74) is 1.09. The second kappa shape index (κ2) is 7.25. The van der Waals surface area contributed by atoms with Gasteiger partial charge in [0.05, 0.1) is 6.04 Å². The molecule has 0 aliphatic carbocycles. The molecule has 1 aromatic rings. The summed E-state index contributed by atoms with van der Waals surface area (Å²) in [5.74, 6) is -0.240. The van der Waals surface area contributed by atoms with Crippen LogP contribution < -0.4 is 0 Å². The number of allylic oxidation sites excluding steroid dienone is 1. The van der Waals surface area contributed by atoms with E-state index in [9.17, 15) is 9.59 Å². The first-order valence-electron chi connectivity index (χ1n) is 7.69. The van der Waals surface area contributed by atoms with Crippen molar-refractivity contribution in [3.63, 3.8) is 0 Å². The van der Waals surface area contributed by atoms with Gasteiger partial charge in [0.2, 0.25) is 5.91 Å². The second-order valence-corrected chi connectivity index (χ2v) is 6.00. The molecule has 2 amide bonds. The highest BCUT2D eigenvalue weighted by Crippen LogP contribution is 2.25. The minimum absolute atomic E-state index is 0.149. The summed E-state index contributed by atoms with van der Waals surface area (Å²) < 4.78 is 5.12. The van der Waals surface area contributed by atoms with E-state index < -0.39 is 6.09 Å². The number of amides is 2. The van der Waals surface area contributed by atoms with Gasteiger partial charge in [-0.15, -0.1) is 6.58 Å². The van der Waals surface area contributed by atoms with Crippen molar-refractivity contribution >= 4 is 12.0 Å². The van der Waals surface area contributed by atoms with Gasteiger partial charge in [0.25, 0.3) is 0 Å². The SMILES string of the molecule is C=CCC(C(=O)N1C(=O)OCC1Cc1ccccc1)C(C)C. The molecule has 0 spiro atoms. The van der Waals surface area contributed by atoms with Crippen LogP contribution in [-0.4, -0.2) is 29.5 Å². The minimum Gasteiger partial charge on any atom is -0.447 e. The van der Waals surface area contributed by atoms with Crippen molar-refractivity contribution in [1.82, 2.24) is 4.90 Å². The van der Waals surface area contributed by atoms with Gasteiger partial charge in [0.15, 0.2) is 0 Å². The van der Waals surface area contributed by atoms with Gasteiger partial charge in [-0.3, -0.25) is 4.79 Å². The molecule has 2 unspecified atom stereocenters. The number of hydrogen-bond donors (Lipinski definition) is 0. The molecule has 1 aliphatic heterocycles. The Hall–Kier alpha value is -2.10. The molecular weight excluding hydrogens is 278 g/mol. The van der Waals surface area contributed by atoms with E-state index in [2.05, 4.69) is 6.58 Å². The Morgan fingerprint density at radius 2 is 2.09 bits per heavy atom. The lowest BCUT2D eigenvalue weighted by Crippen LogP contribution is -2.44. The van der Waals surface area contributed by atoms with Gasteiger partial charge in [-0.2, -0.15) is 0 Å². The lowest BCUT2D eigenvalue weighted by molar-refractivity contribution is -0.134. The Morgan fingerprint density at radius 3 is 2.68 bits per heavy atom. The molecule has 22 heavy (non-hydrogen) atoms. The molecule has 0 bridgehead atoms. The molecule has 1 heterocycles. The van der Waals surface area contributed by atoms with Crippen LogP contribution in [0.5, 0.6) is 0 Å². The fourth-order valence-electron chi connectivity index (χ4n) is 2.78. The van der Waals surface area contributed by atoms with Gasteiger partial charge < -0.3 is 4.74 Å². The third kappa shape index (κ3) is 3.56. The molecule has 1 aliphatic rings. The number of carbonyl (C=O) groups excluding carboxylic acids is 2. The monoisotopic (exact) mass is 301 g/mol. The molecule has 1 fully saturated rings. The van der Waals surface area contributed by atoms with E-state index in [0.29, 0.717) is 12.8 Å². The Labute approximate surface area is 131 Å². The number of benzene rings is 1. The summed E-state index contributed by atoms with van der Waals surface area (Å²) >= 11 is 0. The second-order valence-electron chi connectivity index (χ2n) is 6.00. The number of carbonyl (C=O) groups is 2.